The molecular weight excluding hydrogens is 294 g/mol. The Bertz CT molecular complexity index is 517. The summed E-state index contributed by atoms with van der Waals surface area (Å²) in [4.78, 5) is 20.5. The van der Waals surface area contributed by atoms with Crippen LogP contribution in [0.2, 0.25) is 0 Å². The number of rotatable bonds is 6. The highest BCUT2D eigenvalue weighted by molar-refractivity contribution is 5.76. The van der Waals surface area contributed by atoms with Crippen LogP contribution in [-0.4, -0.2) is 47.8 Å². The summed E-state index contributed by atoms with van der Waals surface area (Å²) >= 11 is 0. The highest BCUT2D eigenvalue weighted by atomic mass is 16.5. The molecule has 1 aromatic rings. The van der Waals surface area contributed by atoms with Gasteiger partial charge in [0.05, 0.1) is 11.8 Å². The van der Waals surface area contributed by atoms with Crippen LogP contribution >= 0.6 is 0 Å². The molecule has 3 rings (SSSR count). The van der Waals surface area contributed by atoms with Gasteiger partial charge in [-0.3, -0.25) is 14.8 Å². The van der Waals surface area contributed by atoms with Crippen LogP contribution in [0.1, 0.15) is 38.3 Å². The van der Waals surface area contributed by atoms with Gasteiger partial charge in [-0.15, -0.1) is 0 Å². The van der Waals surface area contributed by atoms with Crippen molar-refractivity contribution in [1.82, 2.24) is 15.3 Å². The van der Waals surface area contributed by atoms with Crippen LogP contribution in [0, 0.1) is 5.41 Å². The molecule has 6 heteroatoms. The molecule has 126 valence electrons. The van der Waals surface area contributed by atoms with Gasteiger partial charge >= 0.3 is 0 Å². The maximum absolute atomic E-state index is 12.3. The number of aromatic nitrogens is 2. The maximum atomic E-state index is 12.3. The van der Waals surface area contributed by atoms with E-state index in [1.165, 1.54) is 0 Å². The number of aryl methyl sites for hydroxylation is 1. The SMILES string of the molecule is CCO[C@@H]1C[C@H](NC(=O)CCc2cnccn2)C12CCOCC2. The summed E-state index contributed by atoms with van der Waals surface area (Å²) < 4.78 is 11.4. The third-order valence-electron chi connectivity index (χ3n) is 5.14. The summed E-state index contributed by atoms with van der Waals surface area (Å²) in [5, 5.41) is 3.21. The molecule has 6 nitrogen and oxygen atoms in total. The molecule has 23 heavy (non-hydrogen) atoms. The molecular formula is C17H25N3O3. The average Bonchev–Trinajstić information content (AvgIpc) is 2.61. The van der Waals surface area contributed by atoms with E-state index in [4.69, 9.17) is 9.47 Å². The molecule has 1 aromatic heterocycles. The van der Waals surface area contributed by atoms with Crippen LogP contribution < -0.4 is 5.32 Å². The smallest absolute Gasteiger partial charge is 0.220 e. The normalized spacial score (nSPS) is 25.8. The minimum absolute atomic E-state index is 0.0659. The molecule has 1 aliphatic carbocycles. The Morgan fingerprint density at radius 1 is 1.43 bits per heavy atom. The highest BCUT2D eigenvalue weighted by Crippen LogP contribution is 2.50. The Labute approximate surface area is 137 Å². The quantitative estimate of drug-likeness (QED) is 0.860. The van der Waals surface area contributed by atoms with E-state index in [1.54, 1.807) is 18.6 Å². The van der Waals surface area contributed by atoms with Gasteiger partial charge in [-0.2, -0.15) is 0 Å². The summed E-state index contributed by atoms with van der Waals surface area (Å²) in [6.45, 7) is 4.27. The molecule has 2 heterocycles. The molecule has 0 bridgehead atoms. The van der Waals surface area contributed by atoms with Crippen LogP contribution in [0.5, 0.6) is 0 Å². The molecule has 0 radical (unpaired) electrons. The van der Waals surface area contributed by atoms with Gasteiger partial charge in [-0.05, 0) is 32.6 Å². The fourth-order valence-electron chi connectivity index (χ4n) is 3.77. The summed E-state index contributed by atoms with van der Waals surface area (Å²) in [6.07, 6.45) is 9.16. The Hall–Kier alpha value is -1.53. The van der Waals surface area contributed by atoms with E-state index in [9.17, 15) is 4.79 Å². The van der Waals surface area contributed by atoms with Gasteiger partial charge in [0.1, 0.15) is 0 Å². The zero-order valence-electron chi connectivity index (χ0n) is 13.7. The first-order valence-electron chi connectivity index (χ1n) is 8.48. The van der Waals surface area contributed by atoms with E-state index in [2.05, 4.69) is 15.3 Å². The zero-order valence-corrected chi connectivity index (χ0v) is 13.7. The lowest BCUT2D eigenvalue weighted by atomic mass is 9.57. The van der Waals surface area contributed by atoms with E-state index >= 15 is 0 Å². The van der Waals surface area contributed by atoms with E-state index in [1.807, 2.05) is 6.92 Å². The second-order valence-electron chi connectivity index (χ2n) is 6.34. The number of hydrogen-bond donors (Lipinski definition) is 1. The molecule has 0 aromatic carbocycles. The van der Waals surface area contributed by atoms with E-state index in [0.717, 1.165) is 44.8 Å². The van der Waals surface area contributed by atoms with Crippen molar-refractivity contribution < 1.29 is 14.3 Å². The topological polar surface area (TPSA) is 73.3 Å². The van der Waals surface area contributed by atoms with E-state index in [0.29, 0.717) is 12.8 Å². The molecule has 2 fully saturated rings. The van der Waals surface area contributed by atoms with Crippen LogP contribution in [0.3, 0.4) is 0 Å². The van der Waals surface area contributed by atoms with Crippen molar-refractivity contribution in [2.75, 3.05) is 19.8 Å². The van der Waals surface area contributed by atoms with Crippen LogP contribution in [-0.2, 0) is 20.7 Å². The average molecular weight is 319 g/mol. The van der Waals surface area contributed by atoms with Crippen molar-refractivity contribution in [2.24, 2.45) is 5.41 Å². The molecule has 1 amide bonds. The van der Waals surface area contributed by atoms with Gasteiger partial charge in [-0.1, -0.05) is 0 Å². The maximum Gasteiger partial charge on any atom is 0.220 e. The fraction of sp³-hybridized carbons (Fsp3) is 0.706. The van der Waals surface area contributed by atoms with Crippen molar-refractivity contribution >= 4 is 5.91 Å². The minimum atomic E-state index is 0.0659. The highest BCUT2D eigenvalue weighted by Gasteiger charge is 2.56. The fourth-order valence-corrected chi connectivity index (χ4v) is 3.77. The van der Waals surface area contributed by atoms with Crippen LogP contribution in [0.15, 0.2) is 18.6 Å². The Balaban J connectivity index is 1.53. The number of carbonyl (C=O) groups excluding carboxylic acids is 1. The molecule has 1 saturated carbocycles. The third-order valence-corrected chi connectivity index (χ3v) is 5.14. The van der Waals surface area contributed by atoms with Gasteiger partial charge < -0.3 is 14.8 Å². The van der Waals surface area contributed by atoms with Crippen molar-refractivity contribution in [3.63, 3.8) is 0 Å². The van der Waals surface area contributed by atoms with Crippen LogP contribution in [0.25, 0.3) is 0 Å². The molecule has 1 saturated heterocycles. The first-order chi connectivity index (χ1) is 11.2. The predicted molar refractivity (Wildman–Crippen MR) is 84.8 cm³/mol. The predicted octanol–water partition coefficient (Wildman–Crippen LogP) is 1.50. The van der Waals surface area contributed by atoms with E-state index in [-0.39, 0.29) is 23.5 Å². The Morgan fingerprint density at radius 2 is 2.26 bits per heavy atom. The van der Waals surface area contributed by atoms with Gasteiger partial charge in [-0.25, -0.2) is 0 Å². The lowest BCUT2D eigenvalue weighted by molar-refractivity contribution is -0.175. The Kier molecular flexibility index (Phi) is 5.23. The van der Waals surface area contributed by atoms with Gasteiger partial charge in [0.15, 0.2) is 0 Å². The minimum Gasteiger partial charge on any atom is -0.381 e. The third kappa shape index (κ3) is 3.53. The standard InChI is InChI=1S/C17H25N3O3/c1-2-23-15-11-14(17(15)5-9-22-10-6-17)20-16(21)4-3-13-12-18-7-8-19-13/h7-8,12,14-15H,2-6,9-11H2,1H3,(H,20,21)/t14-,15+/m0/s1. The Morgan fingerprint density at radius 3 is 2.96 bits per heavy atom. The summed E-state index contributed by atoms with van der Waals surface area (Å²) in [7, 11) is 0. The van der Waals surface area contributed by atoms with Gasteiger partial charge in [0.25, 0.3) is 0 Å². The number of amides is 1. The number of ether oxygens (including phenoxy) is 2. The van der Waals surface area contributed by atoms with E-state index < -0.39 is 0 Å². The van der Waals surface area contributed by atoms with Crippen molar-refractivity contribution in [2.45, 2.75) is 51.2 Å². The molecule has 1 aliphatic heterocycles. The summed E-state index contributed by atoms with van der Waals surface area (Å²) in [5.74, 6) is 0.0847. The van der Waals surface area contributed by atoms with Crippen LogP contribution in [0.4, 0.5) is 0 Å². The summed E-state index contributed by atoms with van der Waals surface area (Å²) in [6, 6.07) is 0.206. The number of carbonyl (C=O) groups is 1. The largest absolute Gasteiger partial charge is 0.381 e. The molecule has 2 atom stereocenters. The van der Waals surface area contributed by atoms with Gasteiger partial charge in [0.2, 0.25) is 5.91 Å². The molecule has 1 N–H and O–H groups in total. The van der Waals surface area contributed by atoms with Crippen molar-refractivity contribution in [1.29, 1.82) is 0 Å². The lowest BCUT2D eigenvalue weighted by Gasteiger charge is -2.57. The lowest BCUT2D eigenvalue weighted by Crippen LogP contribution is -2.66. The van der Waals surface area contributed by atoms with Crippen molar-refractivity contribution in [3.05, 3.63) is 24.3 Å². The second-order valence-corrected chi connectivity index (χ2v) is 6.34. The van der Waals surface area contributed by atoms with Crippen molar-refractivity contribution in [3.8, 4) is 0 Å². The molecule has 2 aliphatic rings. The second kappa shape index (κ2) is 7.36. The number of nitrogens with zero attached hydrogens (tertiary/aromatic N) is 2. The van der Waals surface area contributed by atoms with Gasteiger partial charge in [0, 0.05) is 56.3 Å². The molecule has 1 spiro atoms. The number of nitrogens with one attached hydrogen (secondary N) is 1. The first-order valence-corrected chi connectivity index (χ1v) is 8.48. The molecule has 0 unspecified atom stereocenters. The monoisotopic (exact) mass is 319 g/mol. The number of hydrogen-bond acceptors (Lipinski definition) is 5. The zero-order chi connectivity index (χ0) is 16.1. The first kappa shape index (κ1) is 16.3. The summed E-state index contributed by atoms with van der Waals surface area (Å²) in [5.41, 5.74) is 0.917.